The fourth-order valence-corrected chi connectivity index (χ4v) is 2.64. The Kier molecular flexibility index (Phi) is 6.29. The van der Waals surface area contributed by atoms with Crippen molar-refractivity contribution < 1.29 is 8.42 Å². The number of nitrogens with zero attached hydrogens (tertiary/aromatic N) is 3. The van der Waals surface area contributed by atoms with Gasteiger partial charge in [0.2, 0.25) is 0 Å². The molecule has 0 unspecified atom stereocenters. The molecular weight excluding hydrogens is 286 g/mol. The van der Waals surface area contributed by atoms with E-state index in [0.717, 1.165) is 44.8 Å². The van der Waals surface area contributed by atoms with Gasteiger partial charge in [0.15, 0.2) is 5.03 Å². The van der Waals surface area contributed by atoms with Gasteiger partial charge in [0.25, 0.3) is 9.05 Å². The standard InChI is InChI=1S/C12H22ClN3O2S/c1-4-7-11-14-12(19(13,17)18)10-16(11)9-8-15(5-2)6-3/h10H,4-9H2,1-3H3. The van der Waals surface area contributed by atoms with Crippen LogP contribution in [0.25, 0.3) is 0 Å². The maximum Gasteiger partial charge on any atom is 0.280 e. The molecule has 0 aliphatic rings. The Bertz CT molecular complexity index is 495. The van der Waals surface area contributed by atoms with E-state index in [2.05, 4.69) is 23.7 Å². The van der Waals surface area contributed by atoms with Crippen molar-refractivity contribution in [2.24, 2.45) is 0 Å². The highest BCUT2D eigenvalue weighted by Crippen LogP contribution is 2.15. The van der Waals surface area contributed by atoms with E-state index in [1.165, 1.54) is 6.20 Å². The highest BCUT2D eigenvalue weighted by molar-refractivity contribution is 8.13. The van der Waals surface area contributed by atoms with Crippen molar-refractivity contribution >= 4 is 19.7 Å². The largest absolute Gasteiger partial charge is 0.332 e. The summed E-state index contributed by atoms with van der Waals surface area (Å²) in [6.07, 6.45) is 3.21. The lowest BCUT2D eigenvalue weighted by Crippen LogP contribution is -2.27. The van der Waals surface area contributed by atoms with Crippen molar-refractivity contribution in [2.75, 3.05) is 19.6 Å². The van der Waals surface area contributed by atoms with E-state index in [4.69, 9.17) is 10.7 Å². The third-order valence-corrected chi connectivity index (χ3v) is 4.28. The number of halogens is 1. The molecule has 0 spiro atoms. The molecule has 0 atom stereocenters. The van der Waals surface area contributed by atoms with Gasteiger partial charge in [0.1, 0.15) is 5.82 Å². The highest BCUT2D eigenvalue weighted by Gasteiger charge is 2.17. The second-order valence-corrected chi connectivity index (χ2v) is 6.92. The number of hydrogen-bond acceptors (Lipinski definition) is 4. The number of likely N-dealkylation sites (N-methyl/N-ethyl adjacent to an activating group) is 1. The Morgan fingerprint density at radius 2 is 1.95 bits per heavy atom. The second-order valence-electron chi connectivity index (χ2n) is 4.40. The van der Waals surface area contributed by atoms with Crippen molar-refractivity contribution in [3.05, 3.63) is 12.0 Å². The highest BCUT2D eigenvalue weighted by atomic mass is 35.7. The molecule has 0 aromatic carbocycles. The summed E-state index contributed by atoms with van der Waals surface area (Å²) in [5.74, 6) is 0.786. The van der Waals surface area contributed by atoms with Crippen molar-refractivity contribution in [1.82, 2.24) is 14.5 Å². The van der Waals surface area contributed by atoms with E-state index in [1.54, 1.807) is 0 Å². The third kappa shape index (κ3) is 4.78. The number of hydrogen-bond donors (Lipinski definition) is 0. The van der Waals surface area contributed by atoms with E-state index in [1.807, 2.05) is 11.5 Å². The maximum absolute atomic E-state index is 11.3. The molecule has 0 radical (unpaired) electrons. The Hall–Kier alpha value is -0.590. The van der Waals surface area contributed by atoms with E-state index >= 15 is 0 Å². The molecule has 1 heterocycles. The monoisotopic (exact) mass is 307 g/mol. The summed E-state index contributed by atoms with van der Waals surface area (Å²) < 4.78 is 24.6. The first-order chi connectivity index (χ1) is 8.92. The van der Waals surface area contributed by atoms with E-state index in [-0.39, 0.29) is 5.03 Å². The molecule has 110 valence electrons. The molecule has 0 saturated heterocycles. The van der Waals surface area contributed by atoms with Gasteiger partial charge in [0, 0.05) is 36.4 Å². The smallest absolute Gasteiger partial charge is 0.280 e. The van der Waals surface area contributed by atoms with Gasteiger partial charge in [-0.1, -0.05) is 20.8 Å². The minimum atomic E-state index is -3.75. The van der Waals surface area contributed by atoms with Crippen molar-refractivity contribution in [2.45, 2.75) is 45.2 Å². The lowest BCUT2D eigenvalue weighted by Gasteiger charge is -2.18. The maximum atomic E-state index is 11.3. The van der Waals surface area contributed by atoms with Gasteiger partial charge < -0.3 is 9.47 Å². The molecule has 0 fully saturated rings. The molecule has 1 rings (SSSR count). The SMILES string of the molecule is CCCc1nc(S(=O)(=O)Cl)cn1CCN(CC)CC. The Morgan fingerprint density at radius 3 is 2.42 bits per heavy atom. The van der Waals surface area contributed by atoms with Crippen LogP contribution in [0.15, 0.2) is 11.2 Å². The van der Waals surface area contributed by atoms with Crippen LogP contribution in [0, 0.1) is 0 Å². The third-order valence-electron chi connectivity index (χ3n) is 3.11. The summed E-state index contributed by atoms with van der Waals surface area (Å²) in [6, 6.07) is 0. The van der Waals surface area contributed by atoms with Crippen LogP contribution in [-0.4, -0.2) is 42.5 Å². The summed E-state index contributed by atoms with van der Waals surface area (Å²) in [5, 5.41) is -0.0443. The lowest BCUT2D eigenvalue weighted by molar-refractivity contribution is 0.289. The van der Waals surface area contributed by atoms with Gasteiger partial charge in [-0.2, -0.15) is 0 Å². The van der Waals surface area contributed by atoms with Crippen LogP contribution < -0.4 is 0 Å². The minimum Gasteiger partial charge on any atom is -0.332 e. The van der Waals surface area contributed by atoms with E-state index < -0.39 is 9.05 Å². The summed E-state index contributed by atoms with van der Waals surface area (Å²) >= 11 is 0. The summed E-state index contributed by atoms with van der Waals surface area (Å²) in [4.78, 5) is 6.41. The molecule has 5 nitrogen and oxygen atoms in total. The van der Waals surface area contributed by atoms with Gasteiger partial charge in [-0.3, -0.25) is 0 Å². The average Bonchev–Trinajstić information content (AvgIpc) is 2.74. The van der Waals surface area contributed by atoms with Gasteiger partial charge in [-0.15, -0.1) is 0 Å². The van der Waals surface area contributed by atoms with Gasteiger partial charge in [-0.25, -0.2) is 13.4 Å². The van der Waals surface area contributed by atoms with Crippen LogP contribution in [0.2, 0.25) is 0 Å². The zero-order valence-electron chi connectivity index (χ0n) is 11.8. The molecular formula is C12H22ClN3O2S. The fourth-order valence-electron chi connectivity index (χ4n) is 1.95. The molecule has 0 saturated carbocycles. The molecule has 0 bridgehead atoms. The summed E-state index contributed by atoms with van der Waals surface area (Å²) in [6.45, 7) is 9.83. The number of aromatic nitrogens is 2. The van der Waals surface area contributed by atoms with Gasteiger partial charge in [0.05, 0.1) is 0 Å². The normalized spacial score (nSPS) is 12.3. The lowest BCUT2D eigenvalue weighted by atomic mass is 10.3. The predicted molar refractivity (Wildman–Crippen MR) is 77.0 cm³/mol. The van der Waals surface area contributed by atoms with E-state index in [0.29, 0.717) is 0 Å². The predicted octanol–water partition coefficient (Wildman–Crippen LogP) is 2.10. The molecule has 0 N–H and O–H groups in total. The molecule has 1 aromatic rings. The molecule has 19 heavy (non-hydrogen) atoms. The van der Waals surface area contributed by atoms with Gasteiger partial charge >= 0.3 is 0 Å². The zero-order chi connectivity index (χ0) is 14.5. The Labute approximate surface area is 120 Å². The summed E-state index contributed by atoms with van der Waals surface area (Å²) in [7, 11) is 1.60. The van der Waals surface area contributed by atoms with Crippen molar-refractivity contribution in [1.29, 1.82) is 0 Å². The molecule has 0 aliphatic carbocycles. The van der Waals surface area contributed by atoms with Crippen LogP contribution in [-0.2, 0) is 22.0 Å². The first-order valence-corrected chi connectivity index (χ1v) is 8.96. The van der Waals surface area contributed by atoms with Crippen LogP contribution in [0.4, 0.5) is 0 Å². The second kappa shape index (κ2) is 7.26. The molecule has 7 heteroatoms. The summed E-state index contributed by atoms with van der Waals surface area (Å²) in [5.41, 5.74) is 0. The van der Waals surface area contributed by atoms with Crippen LogP contribution in [0.3, 0.4) is 0 Å². The topological polar surface area (TPSA) is 55.2 Å². The minimum absolute atomic E-state index is 0.0443. The molecule has 0 aliphatic heterocycles. The zero-order valence-corrected chi connectivity index (χ0v) is 13.3. The quantitative estimate of drug-likeness (QED) is 0.690. The number of rotatable bonds is 8. The Morgan fingerprint density at radius 1 is 1.32 bits per heavy atom. The van der Waals surface area contributed by atoms with Crippen LogP contribution >= 0.6 is 10.7 Å². The number of imidazole rings is 1. The van der Waals surface area contributed by atoms with Crippen molar-refractivity contribution in [3.63, 3.8) is 0 Å². The van der Waals surface area contributed by atoms with Crippen molar-refractivity contribution in [3.8, 4) is 0 Å². The van der Waals surface area contributed by atoms with E-state index in [9.17, 15) is 8.42 Å². The fraction of sp³-hybridized carbons (Fsp3) is 0.750. The average molecular weight is 308 g/mol. The number of aryl methyl sites for hydroxylation is 1. The first kappa shape index (κ1) is 16.5. The molecule has 0 amide bonds. The van der Waals surface area contributed by atoms with Gasteiger partial charge in [-0.05, 0) is 19.5 Å². The van der Waals surface area contributed by atoms with Crippen LogP contribution in [0.5, 0.6) is 0 Å². The Balaban J connectivity index is 2.89. The van der Waals surface area contributed by atoms with Crippen LogP contribution in [0.1, 0.15) is 33.0 Å². The molecule has 1 aromatic heterocycles. The first-order valence-electron chi connectivity index (χ1n) is 6.65.